The van der Waals surface area contributed by atoms with E-state index < -0.39 is 5.82 Å². The second kappa shape index (κ2) is 7.67. The molecule has 0 spiro atoms. The first-order valence-electron chi connectivity index (χ1n) is 6.16. The van der Waals surface area contributed by atoms with Gasteiger partial charge in [-0.15, -0.1) is 0 Å². The second-order valence-electron chi connectivity index (χ2n) is 4.25. The van der Waals surface area contributed by atoms with Crippen LogP contribution in [-0.2, 0) is 4.74 Å². The maximum Gasteiger partial charge on any atom is 0.147 e. The first kappa shape index (κ1) is 14.5. The molecule has 0 aromatic heterocycles. The van der Waals surface area contributed by atoms with E-state index in [2.05, 4.69) is 12.2 Å². The summed E-state index contributed by atoms with van der Waals surface area (Å²) in [7, 11) is 1.63. The standard InChI is InChI=1S/C14H19FN2O/c1-3-4-5-12(10-18-2)17-14-7-6-11(9-16)8-13(14)15/h6-8,12,17H,3-5,10H2,1-2H3. The molecule has 0 heterocycles. The summed E-state index contributed by atoms with van der Waals surface area (Å²) in [5, 5.41) is 11.8. The fourth-order valence-electron chi connectivity index (χ4n) is 1.77. The van der Waals surface area contributed by atoms with Gasteiger partial charge in [-0.3, -0.25) is 0 Å². The number of nitriles is 1. The van der Waals surface area contributed by atoms with Gasteiger partial charge in [0.15, 0.2) is 0 Å². The van der Waals surface area contributed by atoms with Crippen molar-refractivity contribution < 1.29 is 9.13 Å². The van der Waals surface area contributed by atoms with Crippen molar-refractivity contribution in [1.29, 1.82) is 5.26 Å². The van der Waals surface area contributed by atoms with Gasteiger partial charge in [0.2, 0.25) is 0 Å². The van der Waals surface area contributed by atoms with Crippen molar-refractivity contribution in [2.24, 2.45) is 0 Å². The van der Waals surface area contributed by atoms with Crippen LogP contribution in [0.1, 0.15) is 31.7 Å². The average Bonchev–Trinajstić information content (AvgIpc) is 2.38. The van der Waals surface area contributed by atoms with E-state index in [0.717, 1.165) is 19.3 Å². The monoisotopic (exact) mass is 250 g/mol. The Morgan fingerprint density at radius 3 is 2.83 bits per heavy atom. The summed E-state index contributed by atoms with van der Waals surface area (Å²) in [5.74, 6) is -0.397. The highest BCUT2D eigenvalue weighted by Gasteiger charge is 2.11. The molecule has 0 radical (unpaired) electrons. The van der Waals surface area contributed by atoms with Gasteiger partial charge in [-0.1, -0.05) is 19.8 Å². The van der Waals surface area contributed by atoms with Crippen molar-refractivity contribution in [1.82, 2.24) is 0 Å². The molecule has 3 nitrogen and oxygen atoms in total. The van der Waals surface area contributed by atoms with Gasteiger partial charge in [0, 0.05) is 13.2 Å². The predicted molar refractivity (Wildman–Crippen MR) is 69.9 cm³/mol. The number of unbranched alkanes of at least 4 members (excludes halogenated alkanes) is 1. The van der Waals surface area contributed by atoms with Crippen molar-refractivity contribution in [3.05, 3.63) is 29.6 Å². The number of ether oxygens (including phenoxy) is 1. The second-order valence-corrected chi connectivity index (χ2v) is 4.25. The number of hydrogen-bond donors (Lipinski definition) is 1. The lowest BCUT2D eigenvalue weighted by Gasteiger charge is -2.19. The molecule has 0 aliphatic heterocycles. The fraction of sp³-hybridized carbons (Fsp3) is 0.500. The molecule has 0 bridgehead atoms. The Morgan fingerprint density at radius 1 is 1.50 bits per heavy atom. The van der Waals surface area contributed by atoms with Gasteiger partial charge in [0.1, 0.15) is 5.82 Å². The quantitative estimate of drug-likeness (QED) is 0.807. The normalized spacial score (nSPS) is 11.9. The highest BCUT2D eigenvalue weighted by molar-refractivity contribution is 5.49. The van der Waals surface area contributed by atoms with Crippen LogP contribution in [0.25, 0.3) is 0 Å². The lowest BCUT2D eigenvalue weighted by molar-refractivity contribution is 0.182. The van der Waals surface area contributed by atoms with E-state index in [9.17, 15) is 4.39 Å². The molecule has 0 fully saturated rings. The Balaban J connectivity index is 2.71. The first-order valence-corrected chi connectivity index (χ1v) is 6.16. The van der Waals surface area contributed by atoms with E-state index in [1.165, 1.54) is 6.07 Å². The molecule has 1 aromatic carbocycles. The smallest absolute Gasteiger partial charge is 0.147 e. The lowest BCUT2D eigenvalue weighted by Crippen LogP contribution is -2.25. The topological polar surface area (TPSA) is 45.0 Å². The Morgan fingerprint density at radius 2 is 2.28 bits per heavy atom. The number of benzene rings is 1. The van der Waals surface area contributed by atoms with E-state index in [0.29, 0.717) is 17.9 Å². The maximum atomic E-state index is 13.7. The van der Waals surface area contributed by atoms with Crippen LogP contribution < -0.4 is 5.32 Å². The molecule has 1 aromatic rings. The van der Waals surface area contributed by atoms with Gasteiger partial charge in [0.05, 0.1) is 23.9 Å². The minimum Gasteiger partial charge on any atom is -0.383 e. The molecule has 0 amide bonds. The lowest BCUT2D eigenvalue weighted by atomic mass is 10.1. The molecule has 18 heavy (non-hydrogen) atoms. The fourth-order valence-corrected chi connectivity index (χ4v) is 1.77. The van der Waals surface area contributed by atoms with Crippen molar-refractivity contribution in [3.8, 4) is 6.07 Å². The third kappa shape index (κ3) is 4.34. The van der Waals surface area contributed by atoms with Crippen LogP contribution >= 0.6 is 0 Å². The Bertz CT molecular complexity index is 415. The molecular weight excluding hydrogens is 231 g/mol. The van der Waals surface area contributed by atoms with Gasteiger partial charge >= 0.3 is 0 Å². The number of nitrogens with zero attached hydrogens (tertiary/aromatic N) is 1. The van der Waals surface area contributed by atoms with E-state index in [1.807, 2.05) is 6.07 Å². The number of rotatable bonds is 7. The van der Waals surface area contributed by atoms with Crippen LogP contribution in [0, 0.1) is 17.1 Å². The molecule has 0 aliphatic rings. The molecule has 98 valence electrons. The zero-order chi connectivity index (χ0) is 13.4. The highest BCUT2D eigenvalue weighted by Crippen LogP contribution is 2.18. The van der Waals surface area contributed by atoms with Crippen LogP contribution in [0.5, 0.6) is 0 Å². The highest BCUT2D eigenvalue weighted by atomic mass is 19.1. The van der Waals surface area contributed by atoms with Crippen LogP contribution in [0.2, 0.25) is 0 Å². The Labute approximate surface area is 108 Å². The molecule has 0 saturated carbocycles. The third-order valence-corrected chi connectivity index (χ3v) is 2.73. The van der Waals surface area contributed by atoms with E-state index >= 15 is 0 Å². The van der Waals surface area contributed by atoms with E-state index in [4.69, 9.17) is 10.00 Å². The van der Waals surface area contributed by atoms with Crippen molar-refractivity contribution >= 4 is 5.69 Å². The molecule has 1 unspecified atom stereocenters. The molecule has 1 atom stereocenters. The van der Waals surface area contributed by atoms with Crippen LogP contribution in [0.4, 0.5) is 10.1 Å². The summed E-state index contributed by atoms with van der Waals surface area (Å²) in [6.07, 6.45) is 3.10. The summed E-state index contributed by atoms with van der Waals surface area (Å²) in [6, 6.07) is 6.46. The number of halogens is 1. The largest absolute Gasteiger partial charge is 0.383 e. The minimum atomic E-state index is -0.397. The average molecular weight is 250 g/mol. The van der Waals surface area contributed by atoms with Gasteiger partial charge in [-0.2, -0.15) is 5.26 Å². The van der Waals surface area contributed by atoms with E-state index in [1.54, 1.807) is 19.2 Å². The number of anilines is 1. The molecule has 0 aliphatic carbocycles. The maximum absolute atomic E-state index is 13.7. The Kier molecular flexibility index (Phi) is 6.16. The number of nitrogens with one attached hydrogen (secondary N) is 1. The SMILES string of the molecule is CCCCC(COC)Nc1ccc(C#N)cc1F. The Hall–Kier alpha value is -1.60. The number of hydrogen-bond acceptors (Lipinski definition) is 3. The summed E-state index contributed by atoms with van der Waals surface area (Å²) < 4.78 is 18.8. The van der Waals surface area contributed by atoms with Crippen LogP contribution in [0.15, 0.2) is 18.2 Å². The third-order valence-electron chi connectivity index (χ3n) is 2.73. The predicted octanol–water partition coefficient (Wildman–Crippen LogP) is 3.31. The minimum absolute atomic E-state index is 0.0948. The van der Waals surface area contributed by atoms with Crippen LogP contribution in [-0.4, -0.2) is 19.8 Å². The summed E-state index contributed by atoms with van der Waals surface area (Å²) in [6.45, 7) is 2.66. The van der Waals surface area contributed by atoms with E-state index in [-0.39, 0.29) is 6.04 Å². The molecule has 1 N–H and O–H groups in total. The van der Waals surface area contributed by atoms with Gasteiger partial charge in [-0.05, 0) is 24.6 Å². The van der Waals surface area contributed by atoms with Gasteiger partial charge in [0.25, 0.3) is 0 Å². The zero-order valence-corrected chi connectivity index (χ0v) is 10.9. The molecule has 1 rings (SSSR count). The van der Waals surface area contributed by atoms with Crippen molar-refractivity contribution in [2.75, 3.05) is 19.0 Å². The van der Waals surface area contributed by atoms with Gasteiger partial charge in [-0.25, -0.2) is 4.39 Å². The number of methoxy groups -OCH3 is 1. The van der Waals surface area contributed by atoms with Gasteiger partial charge < -0.3 is 10.1 Å². The molecule has 4 heteroatoms. The summed E-state index contributed by atoms with van der Waals surface area (Å²) in [5.41, 5.74) is 0.752. The van der Waals surface area contributed by atoms with Crippen molar-refractivity contribution in [2.45, 2.75) is 32.2 Å². The molecular formula is C14H19FN2O. The first-order chi connectivity index (χ1) is 8.71. The molecule has 0 saturated heterocycles. The van der Waals surface area contributed by atoms with Crippen LogP contribution in [0.3, 0.4) is 0 Å². The van der Waals surface area contributed by atoms with Crippen molar-refractivity contribution in [3.63, 3.8) is 0 Å². The summed E-state index contributed by atoms with van der Waals surface area (Å²) in [4.78, 5) is 0. The zero-order valence-electron chi connectivity index (χ0n) is 10.9. The summed E-state index contributed by atoms with van der Waals surface area (Å²) >= 11 is 0.